The van der Waals surface area contributed by atoms with E-state index in [1.165, 1.54) is 17.0 Å². The lowest BCUT2D eigenvalue weighted by molar-refractivity contribution is -0.384. The molecule has 1 N–H and O–H groups in total. The smallest absolute Gasteiger partial charge is 0.271 e. The van der Waals surface area contributed by atoms with Crippen molar-refractivity contribution in [1.29, 1.82) is 0 Å². The van der Waals surface area contributed by atoms with Gasteiger partial charge in [-0.15, -0.1) is 0 Å². The Labute approximate surface area is 218 Å². The van der Waals surface area contributed by atoms with Crippen LogP contribution in [0.5, 0.6) is 0 Å². The lowest BCUT2D eigenvalue weighted by Crippen LogP contribution is -2.52. The van der Waals surface area contributed by atoms with Crippen LogP contribution in [0.3, 0.4) is 0 Å². The number of hydrogen-bond acceptors (Lipinski definition) is 6. The van der Waals surface area contributed by atoms with Crippen LogP contribution in [-0.4, -0.2) is 55.4 Å². The van der Waals surface area contributed by atoms with Crippen LogP contribution < -0.4 is 9.62 Å². The molecule has 1 atom stereocenters. The number of sulfonamides is 1. The first kappa shape index (κ1) is 29.8. The zero-order chi connectivity index (χ0) is 27.9. The van der Waals surface area contributed by atoms with Gasteiger partial charge in [0.15, 0.2) is 0 Å². The molecule has 1 unspecified atom stereocenters. The topological polar surface area (TPSA) is 130 Å². The van der Waals surface area contributed by atoms with Gasteiger partial charge in [-0.25, -0.2) is 8.42 Å². The largest absolute Gasteiger partial charge is 0.354 e. The number of hydrogen-bond donors (Lipinski definition) is 1. The molecular weight excluding hydrogens is 496 g/mol. The van der Waals surface area contributed by atoms with Gasteiger partial charge in [0.05, 0.1) is 16.9 Å². The molecule has 0 spiro atoms. The van der Waals surface area contributed by atoms with E-state index in [1.54, 1.807) is 13.8 Å². The molecule has 0 fully saturated rings. The van der Waals surface area contributed by atoms with Crippen LogP contribution in [0, 0.1) is 29.9 Å². The van der Waals surface area contributed by atoms with Crippen LogP contribution in [0.4, 0.5) is 11.4 Å². The molecule has 0 aromatic heterocycles. The lowest BCUT2D eigenvalue weighted by atomic mass is 10.1. The van der Waals surface area contributed by atoms with Gasteiger partial charge >= 0.3 is 0 Å². The van der Waals surface area contributed by atoms with Crippen LogP contribution in [0.25, 0.3) is 0 Å². The molecule has 2 aromatic carbocycles. The Morgan fingerprint density at radius 1 is 1.08 bits per heavy atom. The number of carbonyl (C=O) groups is 2. The van der Waals surface area contributed by atoms with Crippen LogP contribution in [0.1, 0.15) is 43.9 Å². The Hall–Kier alpha value is -3.47. The fourth-order valence-corrected chi connectivity index (χ4v) is 4.79. The zero-order valence-corrected chi connectivity index (χ0v) is 23.0. The van der Waals surface area contributed by atoms with Crippen molar-refractivity contribution >= 4 is 33.2 Å². The van der Waals surface area contributed by atoms with Crippen molar-refractivity contribution in [3.05, 3.63) is 69.3 Å². The summed E-state index contributed by atoms with van der Waals surface area (Å²) in [5, 5.41) is 14.2. The molecule has 0 aliphatic rings. The molecule has 202 valence electrons. The number of nitro groups is 1. The summed E-state index contributed by atoms with van der Waals surface area (Å²) in [5.41, 5.74) is 1.95. The Morgan fingerprint density at radius 3 is 2.27 bits per heavy atom. The van der Waals surface area contributed by atoms with Gasteiger partial charge in [-0.1, -0.05) is 51.1 Å². The second-order valence-electron chi connectivity index (χ2n) is 9.51. The number of carbonyl (C=O) groups excluding carboxylic acids is 2. The number of anilines is 1. The van der Waals surface area contributed by atoms with Gasteiger partial charge in [0, 0.05) is 25.2 Å². The van der Waals surface area contributed by atoms with Crippen molar-refractivity contribution in [2.45, 2.75) is 53.6 Å². The number of nitrogens with one attached hydrogen (secondary N) is 1. The number of aryl methyl sites for hydroxylation is 2. The second kappa shape index (κ2) is 12.7. The molecule has 11 heteroatoms. The third-order valence-electron chi connectivity index (χ3n) is 6.02. The summed E-state index contributed by atoms with van der Waals surface area (Å²) in [6.07, 6.45) is 1.26. The summed E-state index contributed by atoms with van der Waals surface area (Å²) in [5.74, 6) is -0.707. The molecular formula is C26H36N4O6S. The fraction of sp³-hybridized carbons (Fsp3) is 0.462. The molecule has 2 aromatic rings. The van der Waals surface area contributed by atoms with Gasteiger partial charge in [0.25, 0.3) is 5.69 Å². The van der Waals surface area contributed by atoms with Crippen LogP contribution in [0.2, 0.25) is 0 Å². The maximum atomic E-state index is 13.8. The quantitative estimate of drug-likeness (QED) is 0.329. The molecule has 0 aliphatic carbocycles. The number of non-ortho nitro benzene ring substituents is 1. The molecule has 10 nitrogen and oxygen atoms in total. The summed E-state index contributed by atoms with van der Waals surface area (Å²) in [6.45, 7) is 9.14. The van der Waals surface area contributed by atoms with E-state index in [-0.39, 0.29) is 29.7 Å². The van der Waals surface area contributed by atoms with E-state index >= 15 is 0 Å². The van der Waals surface area contributed by atoms with Gasteiger partial charge in [0.1, 0.15) is 12.6 Å². The van der Waals surface area contributed by atoms with Crippen LogP contribution >= 0.6 is 0 Å². The van der Waals surface area contributed by atoms with E-state index in [4.69, 9.17) is 0 Å². The average molecular weight is 533 g/mol. The first-order valence-corrected chi connectivity index (χ1v) is 14.0. The summed E-state index contributed by atoms with van der Waals surface area (Å²) in [7, 11) is -4.00. The lowest BCUT2D eigenvalue weighted by Gasteiger charge is -2.33. The zero-order valence-electron chi connectivity index (χ0n) is 22.2. The number of amides is 2. The Bertz CT molecular complexity index is 1250. The number of benzene rings is 2. The van der Waals surface area contributed by atoms with E-state index in [2.05, 4.69) is 5.32 Å². The van der Waals surface area contributed by atoms with Gasteiger partial charge in [-0.2, -0.15) is 0 Å². The Morgan fingerprint density at radius 2 is 1.73 bits per heavy atom. The number of rotatable bonds is 12. The van der Waals surface area contributed by atoms with E-state index in [0.717, 1.165) is 27.8 Å². The Balaban J connectivity index is 2.52. The number of nitrogens with zero attached hydrogens (tertiary/aromatic N) is 3. The highest BCUT2D eigenvalue weighted by molar-refractivity contribution is 7.92. The average Bonchev–Trinajstić information content (AvgIpc) is 2.81. The van der Waals surface area contributed by atoms with Crippen molar-refractivity contribution in [2.75, 3.05) is 23.7 Å². The van der Waals surface area contributed by atoms with E-state index < -0.39 is 33.4 Å². The van der Waals surface area contributed by atoms with Crippen LogP contribution in [-0.2, 0) is 26.2 Å². The molecule has 2 amide bonds. The summed E-state index contributed by atoms with van der Waals surface area (Å²) in [4.78, 5) is 39.0. The normalized spacial score (nSPS) is 12.2. The van der Waals surface area contributed by atoms with E-state index in [1.807, 2.05) is 45.0 Å². The minimum absolute atomic E-state index is 0.0400. The summed E-state index contributed by atoms with van der Waals surface area (Å²) >= 11 is 0. The predicted octanol–water partition coefficient (Wildman–Crippen LogP) is 3.56. The van der Waals surface area contributed by atoms with Gasteiger partial charge < -0.3 is 10.2 Å². The van der Waals surface area contributed by atoms with Gasteiger partial charge in [-0.05, 0) is 42.9 Å². The molecule has 0 saturated heterocycles. The molecule has 0 aliphatic heterocycles. The van der Waals surface area contributed by atoms with Crippen molar-refractivity contribution in [3.8, 4) is 0 Å². The summed E-state index contributed by atoms with van der Waals surface area (Å²) < 4.78 is 26.4. The van der Waals surface area contributed by atoms with E-state index in [9.17, 15) is 28.1 Å². The SMILES string of the molecule is CCC(C(=O)NCC(C)C)N(Cc1ccccc1C)C(=O)CN(c1cc([N+](=O)[O-])ccc1C)S(C)(=O)=O. The molecule has 0 radical (unpaired) electrons. The minimum atomic E-state index is -4.00. The van der Waals surface area contributed by atoms with Crippen molar-refractivity contribution in [1.82, 2.24) is 10.2 Å². The third kappa shape index (κ3) is 8.01. The monoisotopic (exact) mass is 532 g/mol. The molecule has 0 bridgehead atoms. The van der Waals surface area contributed by atoms with Crippen molar-refractivity contribution < 1.29 is 22.9 Å². The standard InChI is InChI=1S/C26H36N4O6S/c1-7-23(26(32)27-15-18(2)3)28(16-21-11-9-8-10-19(21)4)25(31)17-29(37(6,35)36)24-14-22(30(33)34)13-12-20(24)5/h8-14,18,23H,7,15-17H2,1-6H3,(H,27,32). The highest BCUT2D eigenvalue weighted by Gasteiger charge is 2.32. The van der Waals surface area contributed by atoms with Crippen molar-refractivity contribution in [2.24, 2.45) is 5.92 Å². The molecule has 0 heterocycles. The fourth-order valence-electron chi connectivity index (χ4n) is 3.89. The molecule has 37 heavy (non-hydrogen) atoms. The van der Waals surface area contributed by atoms with Crippen LogP contribution in [0.15, 0.2) is 42.5 Å². The first-order valence-electron chi connectivity index (χ1n) is 12.1. The van der Waals surface area contributed by atoms with Crippen molar-refractivity contribution in [3.63, 3.8) is 0 Å². The van der Waals surface area contributed by atoms with E-state index in [0.29, 0.717) is 18.5 Å². The maximum Gasteiger partial charge on any atom is 0.271 e. The predicted molar refractivity (Wildman–Crippen MR) is 144 cm³/mol. The number of nitro benzene ring substituents is 1. The molecule has 0 saturated carbocycles. The highest BCUT2D eigenvalue weighted by atomic mass is 32.2. The highest BCUT2D eigenvalue weighted by Crippen LogP contribution is 2.28. The second-order valence-corrected chi connectivity index (χ2v) is 11.4. The minimum Gasteiger partial charge on any atom is -0.354 e. The van der Waals surface area contributed by atoms with Gasteiger partial charge in [-0.3, -0.25) is 24.0 Å². The Kier molecular flexibility index (Phi) is 10.2. The van der Waals surface area contributed by atoms with Gasteiger partial charge in [0.2, 0.25) is 21.8 Å². The first-order chi connectivity index (χ1) is 17.3. The molecule has 2 rings (SSSR count). The third-order valence-corrected chi connectivity index (χ3v) is 7.15. The maximum absolute atomic E-state index is 13.8. The summed E-state index contributed by atoms with van der Waals surface area (Å²) in [6, 6.07) is 10.5.